The van der Waals surface area contributed by atoms with E-state index >= 15 is 0 Å². The highest BCUT2D eigenvalue weighted by atomic mass is 35.5. The van der Waals surface area contributed by atoms with Gasteiger partial charge >= 0.3 is 11.9 Å². The molecule has 0 heterocycles. The third-order valence-corrected chi connectivity index (χ3v) is 1.90. The van der Waals surface area contributed by atoms with E-state index in [2.05, 4.69) is 0 Å². The number of benzene rings is 1. The molecule has 1 rings (SSSR count). The smallest absolute Gasteiger partial charge is 0.338 e. The standard InChI is InChI=1S/C11H11ClO4/c1-2-15-11(14)8-4-3-5-9(6-8)16-10(13)7-12/h3-6H,2,7H2,1H3. The zero-order chi connectivity index (χ0) is 12.0. The molecule has 0 atom stereocenters. The fourth-order valence-electron chi connectivity index (χ4n) is 1.06. The van der Waals surface area contributed by atoms with Gasteiger partial charge in [-0.3, -0.25) is 4.79 Å². The van der Waals surface area contributed by atoms with Crippen LogP contribution in [0.1, 0.15) is 17.3 Å². The lowest BCUT2D eigenvalue weighted by Crippen LogP contribution is -2.10. The highest BCUT2D eigenvalue weighted by Crippen LogP contribution is 2.14. The summed E-state index contributed by atoms with van der Waals surface area (Å²) >= 11 is 5.29. The lowest BCUT2D eigenvalue weighted by Gasteiger charge is -2.04. The maximum atomic E-state index is 11.4. The van der Waals surface area contributed by atoms with Crippen molar-refractivity contribution in [1.29, 1.82) is 0 Å². The van der Waals surface area contributed by atoms with Gasteiger partial charge in [-0.15, -0.1) is 11.6 Å². The molecule has 0 aliphatic rings. The van der Waals surface area contributed by atoms with Crippen molar-refractivity contribution in [3.63, 3.8) is 0 Å². The first kappa shape index (κ1) is 12.5. The van der Waals surface area contributed by atoms with Crippen LogP contribution < -0.4 is 4.74 Å². The zero-order valence-electron chi connectivity index (χ0n) is 8.73. The Hall–Kier alpha value is -1.55. The molecule has 0 fully saturated rings. The van der Waals surface area contributed by atoms with E-state index in [1.807, 2.05) is 0 Å². The van der Waals surface area contributed by atoms with Crippen molar-refractivity contribution in [2.45, 2.75) is 6.92 Å². The Morgan fingerprint density at radius 1 is 1.38 bits per heavy atom. The third-order valence-electron chi connectivity index (χ3n) is 1.69. The number of halogens is 1. The highest BCUT2D eigenvalue weighted by molar-refractivity contribution is 6.26. The van der Waals surface area contributed by atoms with E-state index in [0.717, 1.165) is 0 Å². The molecule has 4 nitrogen and oxygen atoms in total. The maximum Gasteiger partial charge on any atom is 0.338 e. The van der Waals surface area contributed by atoms with Crippen LogP contribution in [0.3, 0.4) is 0 Å². The number of rotatable bonds is 4. The van der Waals surface area contributed by atoms with Gasteiger partial charge in [-0.1, -0.05) is 6.07 Å². The van der Waals surface area contributed by atoms with E-state index in [1.165, 1.54) is 6.07 Å². The molecule has 0 aliphatic carbocycles. The number of carbonyl (C=O) groups excluding carboxylic acids is 2. The predicted octanol–water partition coefficient (Wildman–Crippen LogP) is 2.01. The van der Waals surface area contributed by atoms with Gasteiger partial charge in [0, 0.05) is 0 Å². The Morgan fingerprint density at radius 3 is 2.75 bits per heavy atom. The van der Waals surface area contributed by atoms with Crippen molar-refractivity contribution in [2.24, 2.45) is 0 Å². The summed E-state index contributed by atoms with van der Waals surface area (Å²) < 4.78 is 9.66. The lowest BCUT2D eigenvalue weighted by atomic mass is 10.2. The number of hydrogen-bond donors (Lipinski definition) is 0. The molecule has 0 saturated heterocycles. The van der Waals surface area contributed by atoms with Gasteiger partial charge in [-0.25, -0.2) is 4.79 Å². The molecule has 0 unspecified atom stereocenters. The molecule has 16 heavy (non-hydrogen) atoms. The Kier molecular flexibility index (Phi) is 4.79. The molecule has 0 radical (unpaired) electrons. The van der Waals surface area contributed by atoms with Crippen molar-refractivity contribution < 1.29 is 19.1 Å². The largest absolute Gasteiger partial charge is 0.462 e. The number of ether oxygens (including phenoxy) is 2. The molecule has 1 aromatic carbocycles. The van der Waals surface area contributed by atoms with Gasteiger partial charge in [0.05, 0.1) is 12.2 Å². The molecule has 0 amide bonds. The summed E-state index contributed by atoms with van der Waals surface area (Å²) in [5.74, 6) is -0.978. The second-order valence-corrected chi connectivity index (χ2v) is 3.12. The van der Waals surface area contributed by atoms with E-state index in [0.29, 0.717) is 12.2 Å². The van der Waals surface area contributed by atoms with Crippen molar-refractivity contribution >= 4 is 23.5 Å². The first-order valence-corrected chi connectivity index (χ1v) is 5.24. The first-order chi connectivity index (χ1) is 7.67. The Morgan fingerprint density at radius 2 is 2.12 bits per heavy atom. The minimum Gasteiger partial charge on any atom is -0.462 e. The van der Waals surface area contributed by atoms with Crippen molar-refractivity contribution in [2.75, 3.05) is 12.5 Å². The molecule has 86 valence electrons. The Bertz CT molecular complexity index is 389. The zero-order valence-corrected chi connectivity index (χ0v) is 9.49. The van der Waals surface area contributed by atoms with Crippen molar-refractivity contribution in [3.8, 4) is 5.75 Å². The van der Waals surface area contributed by atoms with Gasteiger partial charge in [0.15, 0.2) is 0 Å². The van der Waals surface area contributed by atoms with Gasteiger partial charge < -0.3 is 9.47 Å². The van der Waals surface area contributed by atoms with Gasteiger partial charge in [-0.05, 0) is 25.1 Å². The monoisotopic (exact) mass is 242 g/mol. The predicted molar refractivity (Wildman–Crippen MR) is 58.8 cm³/mol. The molecule has 0 bridgehead atoms. The van der Waals surface area contributed by atoms with Crippen LogP contribution in [0.25, 0.3) is 0 Å². The van der Waals surface area contributed by atoms with Crippen LogP contribution in [0.15, 0.2) is 24.3 Å². The third kappa shape index (κ3) is 3.55. The van der Waals surface area contributed by atoms with Crippen LogP contribution in [0.2, 0.25) is 0 Å². The second-order valence-electron chi connectivity index (χ2n) is 2.86. The molecule has 0 saturated carbocycles. The number of hydrogen-bond acceptors (Lipinski definition) is 4. The van der Waals surface area contributed by atoms with Crippen molar-refractivity contribution in [3.05, 3.63) is 29.8 Å². The average Bonchev–Trinajstić information content (AvgIpc) is 2.29. The molecule has 0 N–H and O–H groups in total. The summed E-state index contributed by atoms with van der Waals surface area (Å²) in [6.07, 6.45) is 0. The Labute approximate surface area is 98.1 Å². The van der Waals surface area contributed by atoms with Gasteiger partial charge in [-0.2, -0.15) is 0 Å². The lowest BCUT2D eigenvalue weighted by molar-refractivity contribution is -0.131. The minimum absolute atomic E-state index is 0.233. The SMILES string of the molecule is CCOC(=O)c1cccc(OC(=O)CCl)c1. The number of esters is 2. The topological polar surface area (TPSA) is 52.6 Å². The van der Waals surface area contributed by atoms with Gasteiger partial charge in [0.2, 0.25) is 0 Å². The van der Waals surface area contributed by atoms with Gasteiger partial charge in [0.1, 0.15) is 11.6 Å². The fraction of sp³-hybridized carbons (Fsp3) is 0.273. The Balaban J connectivity index is 2.78. The minimum atomic E-state index is -0.567. The number of carbonyl (C=O) groups is 2. The quantitative estimate of drug-likeness (QED) is 0.460. The molecule has 1 aromatic rings. The molecule has 0 spiro atoms. The summed E-state index contributed by atoms with van der Waals surface area (Å²) in [5, 5.41) is 0. The normalized spacial score (nSPS) is 9.62. The summed E-state index contributed by atoms with van der Waals surface area (Å²) in [4.78, 5) is 22.3. The number of alkyl halides is 1. The van der Waals surface area contributed by atoms with Crippen molar-refractivity contribution in [1.82, 2.24) is 0 Å². The summed E-state index contributed by atoms with van der Waals surface area (Å²) in [6.45, 7) is 2.01. The van der Waals surface area contributed by atoms with Crippen LogP contribution >= 0.6 is 11.6 Å². The van der Waals surface area contributed by atoms with E-state index in [9.17, 15) is 9.59 Å². The first-order valence-electron chi connectivity index (χ1n) is 4.71. The van der Waals surface area contributed by atoms with Crippen LogP contribution in [0.4, 0.5) is 0 Å². The van der Waals surface area contributed by atoms with Gasteiger partial charge in [0.25, 0.3) is 0 Å². The van der Waals surface area contributed by atoms with Crippen LogP contribution in [0, 0.1) is 0 Å². The van der Waals surface area contributed by atoms with E-state index in [4.69, 9.17) is 21.1 Å². The van der Waals surface area contributed by atoms with E-state index < -0.39 is 11.9 Å². The maximum absolute atomic E-state index is 11.4. The average molecular weight is 243 g/mol. The second kappa shape index (κ2) is 6.12. The molecular weight excluding hydrogens is 232 g/mol. The van der Waals surface area contributed by atoms with Crippen LogP contribution in [-0.2, 0) is 9.53 Å². The van der Waals surface area contributed by atoms with E-state index in [1.54, 1.807) is 25.1 Å². The molecule has 0 aromatic heterocycles. The van der Waals surface area contributed by atoms with E-state index in [-0.39, 0.29) is 11.6 Å². The summed E-state index contributed by atoms with van der Waals surface area (Å²) in [5.41, 5.74) is 0.335. The summed E-state index contributed by atoms with van der Waals surface area (Å²) in [7, 11) is 0. The molecule has 5 heteroatoms. The fourth-order valence-corrected chi connectivity index (χ4v) is 1.11. The molecular formula is C11H11ClO4. The molecule has 0 aliphatic heterocycles. The van der Waals surface area contributed by atoms with Crippen LogP contribution in [-0.4, -0.2) is 24.4 Å². The highest BCUT2D eigenvalue weighted by Gasteiger charge is 2.09. The van der Waals surface area contributed by atoms with Crippen LogP contribution in [0.5, 0.6) is 5.75 Å². The summed E-state index contributed by atoms with van der Waals surface area (Å²) in [6, 6.07) is 6.18.